The van der Waals surface area contributed by atoms with Crippen LogP contribution in [0.25, 0.3) is 22.3 Å². The van der Waals surface area contributed by atoms with E-state index in [1.807, 2.05) is 36.9 Å². The van der Waals surface area contributed by atoms with Crippen LogP contribution >= 0.6 is 0 Å². The molecule has 0 spiro atoms. The van der Waals surface area contributed by atoms with Gasteiger partial charge in [0, 0.05) is 42.5 Å². The van der Waals surface area contributed by atoms with Gasteiger partial charge in [0.25, 0.3) is 0 Å². The Hall–Kier alpha value is -3.72. The Morgan fingerprint density at radius 1 is 1.31 bits per heavy atom. The van der Waals surface area contributed by atoms with E-state index in [9.17, 15) is 23.2 Å². The van der Waals surface area contributed by atoms with Gasteiger partial charge in [0.1, 0.15) is 11.7 Å². The molecule has 0 bridgehead atoms. The normalized spacial score (nSPS) is 15.8. The summed E-state index contributed by atoms with van der Waals surface area (Å²) in [7, 11) is 3.73. The maximum absolute atomic E-state index is 13.2. The summed E-state index contributed by atoms with van der Waals surface area (Å²) < 4.78 is 39.7. The molecule has 4 rings (SSSR count). The minimum absolute atomic E-state index is 0.0154. The molecular formula is C24H27F3N8O. The Bertz CT molecular complexity index is 1290. The molecular weight excluding hydrogens is 473 g/mol. The highest BCUT2D eigenvalue weighted by Crippen LogP contribution is 2.35. The van der Waals surface area contributed by atoms with Crippen molar-refractivity contribution in [1.29, 1.82) is 5.26 Å². The number of nitrogens with zero attached hydrogens (tertiary/aromatic N) is 6. The molecule has 2 N–H and O–H groups in total. The van der Waals surface area contributed by atoms with Gasteiger partial charge in [-0.2, -0.15) is 18.4 Å². The fourth-order valence-corrected chi connectivity index (χ4v) is 4.43. The van der Waals surface area contributed by atoms with Gasteiger partial charge in [-0.15, -0.1) is 0 Å². The highest BCUT2D eigenvalue weighted by Gasteiger charge is 2.32. The number of hydrogen-bond acceptors (Lipinski definition) is 7. The second kappa shape index (κ2) is 10.1. The van der Waals surface area contributed by atoms with Crippen LogP contribution in [0.1, 0.15) is 30.9 Å². The average molecular weight is 501 g/mol. The maximum atomic E-state index is 13.2. The zero-order valence-corrected chi connectivity index (χ0v) is 20.2. The number of hydrogen-bond donors (Lipinski definition) is 2. The molecule has 0 saturated carbocycles. The first kappa shape index (κ1) is 25.4. The van der Waals surface area contributed by atoms with Crippen molar-refractivity contribution in [1.82, 2.24) is 29.7 Å². The molecule has 0 radical (unpaired) electrons. The number of halogens is 3. The highest BCUT2D eigenvalue weighted by molar-refractivity contribution is 5.94. The summed E-state index contributed by atoms with van der Waals surface area (Å²) in [6.45, 7) is 3.74. The van der Waals surface area contributed by atoms with Crippen molar-refractivity contribution in [3.63, 3.8) is 0 Å². The number of piperidine rings is 1. The van der Waals surface area contributed by atoms with Crippen LogP contribution in [-0.4, -0.2) is 75.4 Å². The Balaban J connectivity index is 1.53. The van der Waals surface area contributed by atoms with Gasteiger partial charge in [-0.25, -0.2) is 15.0 Å². The summed E-state index contributed by atoms with van der Waals surface area (Å²) in [5, 5.41) is 13.1. The first-order valence-electron chi connectivity index (χ1n) is 11.6. The highest BCUT2D eigenvalue weighted by atomic mass is 19.4. The summed E-state index contributed by atoms with van der Waals surface area (Å²) >= 11 is 0. The van der Waals surface area contributed by atoms with Crippen LogP contribution in [0.15, 0.2) is 24.7 Å². The molecule has 3 aromatic heterocycles. The minimum Gasteiger partial charge on any atom is -0.351 e. The second-order valence-electron chi connectivity index (χ2n) is 9.28. The first-order chi connectivity index (χ1) is 17.1. The SMILES string of the molecule is CC(Nc1ncc(C#N)c(-c2c[nH]c3ncc(C(F)(F)F)cc23)n1)C1CCN(C(=O)CN(C)C)CC1. The number of alkyl halides is 3. The van der Waals surface area contributed by atoms with Crippen molar-refractivity contribution in [2.24, 2.45) is 5.92 Å². The van der Waals surface area contributed by atoms with E-state index < -0.39 is 11.7 Å². The maximum Gasteiger partial charge on any atom is 0.417 e. The molecule has 0 aromatic carbocycles. The Kier molecular flexibility index (Phi) is 7.12. The Morgan fingerprint density at radius 2 is 2.03 bits per heavy atom. The van der Waals surface area contributed by atoms with Crippen LogP contribution in [0.5, 0.6) is 0 Å². The molecule has 1 fully saturated rings. The Morgan fingerprint density at radius 3 is 2.67 bits per heavy atom. The lowest BCUT2D eigenvalue weighted by molar-refractivity contribution is -0.137. The first-order valence-corrected chi connectivity index (χ1v) is 11.6. The molecule has 3 aromatic rings. The van der Waals surface area contributed by atoms with E-state index in [0.717, 1.165) is 25.1 Å². The minimum atomic E-state index is -4.55. The lowest BCUT2D eigenvalue weighted by Crippen LogP contribution is -2.45. The van der Waals surface area contributed by atoms with Gasteiger partial charge in [-0.05, 0) is 45.8 Å². The van der Waals surface area contributed by atoms with Crippen LogP contribution in [0, 0.1) is 17.2 Å². The summed E-state index contributed by atoms with van der Waals surface area (Å²) in [6, 6.07) is 3.00. The van der Waals surface area contributed by atoms with Crippen molar-refractivity contribution in [2.45, 2.75) is 32.0 Å². The topological polar surface area (TPSA) is 114 Å². The fraction of sp³-hybridized carbons (Fsp3) is 0.458. The number of rotatable bonds is 6. The molecule has 1 unspecified atom stereocenters. The van der Waals surface area contributed by atoms with Crippen LogP contribution in [0.4, 0.5) is 19.1 Å². The Labute approximate surface area is 206 Å². The van der Waals surface area contributed by atoms with Gasteiger partial charge in [-0.1, -0.05) is 0 Å². The number of amides is 1. The zero-order chi connectivity index (χ0) is 26.0. The van der Waals surface area contributed by atoms with Crippen molar-refractivity contribution in [3.8, 4) is 17.3 Å². The third-order valence-electron chi connectivity index (χ3n) is 6.43. The smallest absolute Gasteiger partial charge is 0.351 e. The van der Waals surface area contributed by atoms with Crippen LogP contribution in [0.3, 0.4) is 0 Å². The van der Waals surface area contributed by atoms with Gasteiger partial charge < -0.3 is 20.1 Å². The number of H-pyrrole nitrogens is 1. The predicted molar refractivity (Wildman–Crippen MR) is 128 cm³/mol. The zero-order valence-electron chi connectivity index (χ0n) is 20.2. The molecule has 9 nitrogen and oxygen atoms in total. The molecule has 1 aliphatic rings. The number of nitriles is 1. The molecule has 1 amide bonds. The van der Waals surface area contributed by atoms with Crippen LogP contribution in [-0.2, 0) is 11.0 Å². The van der Waals surface area contributed by atoms with Gasteiger partial charge in [0.15, 0.2) is 0 Å². The van der Waals surface area contributed by atoms with Gasteiger partial charge in [-0.3, -0.25) is 4.79 Å². The van der Waals surface area contributed by atoms with Crippen LogP contribution < -0.4 is 5.32 Å². The number of aromatic nitrogens is 4. The summed E-state index contributed by atoms with van der Waals surface area (Å²) in [5.41, 5.74) is 0.0774. The fourth-order valence-electron chi connectivity index (χ4n) is 4.43. The van der Waals surface area contributed by atoms with E-state index in [2.05, 4.69) is 25.3 Å². The number of likely N-dealkylation sites (N-methyl/N-ethyl adjacent to an activating group) is 1. The number of likely N-dealkylation sites (tertiary alicyclic amines) is 1. The molecule has 1 saturated heterocycles. The van der Waals surface area contributed by atoms with E-state index in [1.165, 1.54) is 12.4 Å². The number of pyridine rings is 1. The summed E-state index contributed by atoms with van der Waals surface area (Å²) in [5.74, 6) is 0.667. The number of anilines is 1. The summed E-state index contributed by atoms with van der Waals surface area (Å²) in [4.78, 5) is 31.5. The van der Waals surface area contributed by atoms with E-state index in [-0.39, 0.29) is 46.1 Å². The van der Waals surface area contributed by atoms with Crippen molar-refractivity contribution < 1.29 is 18.0 Å². The largest absolute Gasteiger partial charge is 0.417 e. The second-order valence-corrected chi connectivity index (χ2v) is 9.28. The third kappa shape index (κ3) is 5.41. The van der Waals surface area contributed by atoms with E-state index >= 15 is 0 Å². The molecule has 0 aliphatic carbocycles. The standard InChI is InChI=1S/C24H27F3N8O/c1-14(15-4-6-35(7-5-15)20(36)13-34(2)3)32-23-31-10-16(9-28)21(33-23)19-12-30-22-18(19)8-17(11-29-22)24(25,26)27/h8,10-12,14-15H,4-7,13H2,1-3H3,(H,29,30)(H,31,32,33). The molecule has 4 heterocycles. The molecule has 12 heteroatoms. The number of aromatic amines is 1. The number of carbonyl (C=O) groups is 1. The number of nitrogens with one attached hydrogen (secondary N) is 2. The third-order valence-corrected chi connectivity index (χ3v) is 6.43. The van der Waals surface area contributed by atoms with Crippen LogP contribution in [0.2, 0.25) is 0 Å². The number of carbonyl (C=O) groups excluding carboxylic acids is 1. The summed E-state index contributed by atoms with van der Waals surface area (Å²) in [6.07, 6.45) is 0.722. The van der Waals surface area contributed by atoms with E-state index in [0.29, 0.717) is 25.2 Å². The number of fused-ring (bicyclic) bond motifs is 1. The van der Waals surface area contributed by atoms with Gasteiger partial charge in [0.05, 0.1) is 29.6 Å². The monoisotopic (exact) mass is 500 g/mol. The van der Waals surface area contributed by atoms with E-state index in [4.69, 9.17) is 0 Å². The molecule has 1 atom stereocenters. The molecule has 190 valence electrons. The lowest BCUT2D eigenvalue weighted by atomic mass is 9.90. The molecule has 1 aliphatic heterocycles. The van der Waals surface area contributed by atoms with Crippen molar-refractivity contribution in [3.05, 3.63) is 35.8 Å². The van der Waals surface area contributed by atoms with E-state index in [1.54, 1.807) is 0 Å². The van der Waals surface area contributed by atoms with Crippen molar-refractivity contribution in [2.75, 3.05) is 39.0 Å². The lowest BCUT2D eigenvalue weighted by Gasteiger charge is -2.35. The van der Waals surface area contributed by atoms with Gasteiger partial charge >= 0.3 is 6.18 Å². The van der Waals surface area contributed by atoms with Crippen molar-refractivity contribution >= 4 is 22.9 Å². The average Bonchev–Trinajstić information content (AvgIpc) is 3.26. The predicted octanol–water partition coefficient (Wildman–Crippen LogP) is 3.51. The molecule has 36 heavy (non-hydrogen) atoms. The van der Waals surface area contributed by atoms with Gasteiger partial charge in [0.2, 0.25) is 11.9 Å². The quantitative estimate of drug-likeness (QED) is 0.532.